The van der Waals surface area contributed by atoms with Crippen molar-refractivity contribution in [1.82, 2.24) is 0 Å². The maximum Gasteiger partial charge on any atom is 0.0657 e. The molecule has 12 heavy (non-hydrogen) atoms. The van der Waals surface area contributed by atoms with E-state index in [-0.39, 0.29) is 5.60 Å². The lowest BCUT2D eigenvalue weighted by molar-refractivity contribution is -0.132. The molecule has 0 aliphatic heterocycles. The minimum Gasteiger partial charge on any atom is -0.390 e. The van der Waals surface area contributed by atoms with Crippen LogP contribution in [-0.4, -0.2) is 16.7 Å². The molecule has 4 rings (SSSR count). The van der Waals surface area contributed by atoms with Crippen molar-refractivity contribution in [2.75, 3.05) is 0 Å². The van der Waals surface area contributed by atoms with Gasteiger partial charge in [-0.05, 0) is 49.9 Å². The van der Waals surface area contributed by atoms with E-state index in [0.717, 1.165) is 25.2 Å². The highest BCUT2D eigenvalue weighted by atomic mass is 16.3. The third-order valence-corrected chi connectivity index (χ3v) is 4.31. The summed E-state index contributed by atoms with van der Waals surface area (Å²) < 4.78 is 0. The van der Waals surface area contributed by atoms with Crippen LogP contribution in [0.2, 0.25) is 0 Å². The smallest absolute Gasteiger partial charge is 0.0657 e. The number of hydrogen-bond donors (Lipinski definition) is 2. The topological polar surface area (TPSA) is 46.2 Å². The number of nitrogens with two attached hydrogens (primary N) is 1. The fourth-order valence-corrected chi connectivity index (χ4v) is 4.02. The summed E-state index contributed by atoms with van der Waals surface area (Å²) in [7, 11) is 0. The molecule has 0 radical (unpaired) electrons. The van der Waals surface area contributed by atoms with Gasteiger partial charge >= 0.3 is 0 Å². The van der Waals surface area contributed by atoms with E-state index in [4.69, 9.17) is 5.73 Å². The van der Waals surface area contributed by atoms with Crippen LogP contribution in [0.3, 0.4) is 0 Å². The van der Waals surface area contributed by atoms with Gasteiger partial charge in [-0.15, -0.1) is 0 Å². The summed E-state index contributed by atoms with van der Waals surface area (Å²) in [5.41, 5.74) is 5.82. The average Bonchev–Trinajstić information content (AvgIpc) is 1.96. The molecular formula is C10H17NO. The summed E-state index contributed by atoms with van der Waals surface area (Å²) in [5, 5.41) is 10.2. The van der Waals surface area contributed by atoms with Crippen molar-refractivity contribution in [2.45, 2.75) is 43.7 Å². The zero-order valence-electron chi connectivity index (χ0n) is 7.37. The van der Waals surface area contributed by atoms with Gasteiger partial charge in [0.15, 0.2) is 0 Å². The van der Waals surface area contributed by atoms with Crippen LogP contribution in [0.15, 0.2) is 0 Å². The first-order chi connectivity index (χ1) is 5.66. The Hall–Kier alpha value is -0.0800. The molecule has 4 bridgehead atoms. The largest absolute Gasteiger partial charge is 0.390 e. The number of hydrogen-bond acceptors (Lipinski definition) is 2. The van der Waals surface area contributed by atoms with Gasteiger partial charge < -0.3 is 10.8 Å². The molecular weight excluding hydrogens is 150 g/mol. The van der Waals surface area contributed by atoms with Gasteiger partial charge in [-0.2, -0.15) is 0 Å². The fourth-order valence-electron chi connectivity index (χ4n) is 4.02. The molecule has 0 saturated heterocycles. The summed E-state index contributed by atoms with van der Waals surface area (Å²) in [6.07, 6.45) is 5.62. The molecule has 0 heterocycles. The third kappa shape index (κ3) is 0.826. The van der Waals surface area contributed by atoms with E-state index in [0.29, 0.717) is 17.9 Å². The van der Waals surface area contributed by atoms with Crippen LogP contribution in [-0.2, 0) is 0 Å². The predicted octanol–water partition coefficient (Wildman–Crippen LogP) is 0.885. The minimum atomic E-state index is -0.299. The minimum absolute atomic E-state index is 0.299. The second-order valence-corrected chi connectivity index (χ2v) is 5.27. The normalized spacial score (nSPS) is 62.5. The predicted molar refractivity (Wildman–Crippen MR) is 46.5 cm³/mol. The summed E-state index contributed by atoms with van der Waals surface area (Å²) in [4.78, 5) is 0. The third-order valence-electron chi connectivity index (χ3n) is 4.31. The van der Waals surface area contributed by atoms with E-state index < -0.39 is 0 Å². The Labute approximate surface area is 73.1 Å². The van der Waals surface area contributed by atoms with Crippen molar-refractivity contribution < 1.29 is 5.11 Å². The molecule has 0 aromatic rings. The first-order valence-electron chi connectivity index (χ1n) is 5.14. The highest BCUT2D eigenvalue weighted by Crippen LogP contribution is 2.54. The quantitative estimate of drug-likeness (QED) is 0.562. The number of aliphatic hydroxyl groups is 1. The standard InChI is InChI=1S/C10H17NO/c11-9-7-1-6-2-8(9)5-10(12,3-6)4-7/h6-9,12H,1-5,11H2/t6-,7-,8?,9+,10-/m1/s1. The van der Waals surface area contributed by atoms with Crippen molar-refractivity contribution >= 4 is 0 Å². The molecule has 2 heteroatoms. The van der Waals surface area contributed by atoms with E-state index >= 15 is 0 Å². The number of rotatable bonds is 0. The van der Waals surface area contributed by atoms with Crippen molar-refractivity contribution in [3.05, 3.63) is 0 Å². The molecule has 5 atom stereocenters. The lowest BCUT2D eigenvalue weighted by Gasteiger charge is -2.57. The summed E-state index contributed by atoms with van der Waals surface area (Å²) in [6, 6.07) is 0.404. The molecule has 4 fully saturated rings. The Bertz CT molecular complexity index is 200. The van der Waals surface area contributed by atoms with Crippen LogP contribution in [0, 0.1) is 17.8 Å². The van der Waals surface area contributed by atoms with Gasteiger partial charge in [0.1, 0.15) is 0 Å². The van der Waals surface area contributed by atoms with E-state index in [1.165, 1.54) is 12.8 Å². The molecule has 4 aliphatic rings. The van der Waals surface area contributed by atoms with E-state index in [1.807, 2.05) is 0 Å². The Balaban J connectivity index is 1.95. The first-order valence-corrected chi connectivity index (χ1v) is 5.14. The SMILES string of the molecule is N[C@@H]1C2C[C@H]3C[C@@H]1C[C@@](O)(C2)C3. The highest BCUT2D eigenvalue weighted by molar-refractivity contribution is 5.06. The van der Waals surface area contributed by atoms with Gasteiger partial charge in [0.05, 0.1) is 5.60 Å². The van der Waals surface area contributed by atoms with Gasteiger partial charge in [-0.25, -0.2) is 0 Å². The maximum atomic E-state index is 10.2. The monoisotopic (exact) mass is 167 g/mol. The molecule has 4 aliphatic carbocycles. The summed E-state index contributed by atoms with van der Waals surface area (Å²) in [5.74, 6) is 2.08. The second-order valence-electron chi connectivity index (χ2n) is 5.27. The zero-order chi connectivity index (χ0) is 8.34. The van der Waals surface area contributed by atoms with Gasteiger partial charge in [-0.1, -0.05) is 0 Å². The van der Waals surface area contributed by atoms with Crippen LogP contribution < -0.4 is 5.73 Å². The molecule has 3 N–H and O–H groups in total. The molecule has 0 aromatic heterocycles. The molecule has 0 spiro atoms. The van der Waals surface area contributed by atoms with E-state index in [1.54, 1.807) is 0 Å². The van der Waals surface area contributed by atoms with Crippen molar-refractivity contribution in [3.63, 3.8) is 0 Å². The van der Waals surface area contributed by atoms with E-state index in [2.05, 4.69) is 0 Å². The Kier molecular flexibility index (Phi) is 1.25. The van der Waals surface area contributed by atoms with Crippen LogP contribution in [0.25, 0.3) is 0 Å². The van der Waals surface area contributed by atoms with E-state index in [9.17, 15) is 5.11 Å². The molecule has 68 valence electrons. The maximum absolute atomic E-state index is 10.2. The Morgan fingerprint density at radius 3 is 2.17 bits per heavy atom. The molecule has 1 unspecified atom stereocenters. The van der Waals surface area contributed by atoms with Gasteiger partial charge in [0.25, 0.3) is 0 Å². The van der Waals surface area contributed by atoms with Crippen molar-refractivity contribution in [2.24, 2.45) is 23.5 Å². The van der Waals surface area contributed by atoms with Crippen LogP contribution in [0.5, 0.6) is 0 Å². The van der Waals surface area contributed by atoms with Crippen LogP contribution in [0.1, 0.15) is 32.1 Å². The second kappa shape index (κ2) is 2.05. The van der Waals surface area contributed by atoms with Gasteiger partial charge in [0, 0.05) is 6.04 Å². The molecule has 4 saturated carbocycles. The average molecular weight is 167 g/mol. The fraction of sp³-hybridized carbons (Fsp3) is 1.00. The lowest BCUT2D eigenvalue weighted by atomic mass is 9.52. The van der Waals surface area contributed by atoms with Crippen molar-refractivity contribution in [3.8, 4) is 0 Å². The summed E-state index contributed by atoms with van der Waals surface area (Å²) in [6.45, 7) is 0. The Morgan fingerprint density at radius 1 is 1.08 bits per heavy atom. The summed E-state index contributed by atoms with van der Waals surface area (Å²) >= 11 is 0. The van der Waals surface area contributed by atoms with Crippen molar-refractivity contribution in [1.29, 1.82) is 0 Å². The zero-order valence-corrected chi connectivity index (χ0v) is 7.37. The van der Waals surface area contributed by atoms with Crippen LogP contribution >= 0.6 is 0 Å². The molecule has 2 nitrogen and oxygen atoms in total. The Morgan fingerprint density at radius 2 is 1.67 bits per heavy atom. The lowest BCUT2D eigenvalue weighted by Crippen LogP contribution is -2.59. The molecule has 0 amide bonds. The highest BCUT2D eigenvalue weighted by Gasteiger charge is 2.53. The van der Waals surface area contributed by atoms with Crippen LogP contribution in [0.4, 0.5) is 0 Å². The first kappa shape index (κ1) is 7.34. The van der Waals surface area contributed by atoms with Gasteiger partial charge in [-0.3, -0.25) is 0 Å². The molecule has 0 aromatic carbocycles. The van der Waals surface area contributed by atoms with Gasteiger partial charge in [0.2, 0.25) is 0 Å².